The number of amides is 1. The molecule has 0 saturated heterocycles. The molecule has 0 fully saturated rings. The monoisotopic (exact) mass is 333 g/mol. The molecule has 128 valence electrons. The number of nitrogens with one attached hydrogen (secondary N) is 1. The van der Waals surface area contributed by atoms with E-state index in [1.807, 2.05) is 18.2 Å². The molecule has 0 saturated carbocycles. The van der Waals surface area contributed by atoms with Crippen LogP contribution in [-0.2, 0) is 24.1 Å². The molecule has 0 atom stereocenters. The minimum atomic E-state index is 0.139. The van der Waals surface area contributed by atoms with Crippen LogP contribution in [0, 0.1) is 0 Å². The summed E-state index contributed by atoms with van der Waals surface area (Å²) in [5.41, 5.74) is 5.11. The van der Waals surface area contributed by atoms with Gasteiger partial charge in [-0.05, 0) is 48.4 Å². The Morgan fingerprint density at radius 3 is 2.84 bits per heavy atom. The summed E-state index contributed by atoms with van der Waals surface area (Å²) in [7, 11) is 0. The van der Waals surface area contributed by atoms with Crippen molar-refractivity contribution in [2.45, 2.75) is 32.1 Å². The largest absolute Gasteiger partial charge is 0.326 e. The van der Waals surface area contributed by atoms with Gasteiger partial charge in [-0.15, -0.1) is 0 Å². The summed E-state index contributed by atoms with van der Waals surface area (Å²) < 4.78 is 0. The van der Waals surface area contributed by atoms with E-state index in [0.717, 1.165) is 24.9 Å². The Bertz CT molecular complexity index is 798. The SMILES string of the molecule is O=C(CCc1ccccc1)N1CCN=C1Nc1cccc2c1CCC2. The highest BCUT2D eigenvalue weighted by Gasteiger charge is 2.25. The highest BCUT2D eigenvalue weighted by atomic mass is 16.2. The number of benzene rings is 2. The van der Waals surface area contributed by atoms with E-state index in [1.165, 1.54) is 23.1 Å². The molecule has 0 radical (unpaired) electrons. The molecule has 0 unspecified atom stereocenters. The predicted octanol–water partition coefficient (Wildman–Crippen LogP) is 3.42. The fourth-order valence-electron chi connectivity index (χ4n) is 3.69. The lowest BCUT2D eigenvalue weighted by molar-refractivity contribution is -0.126. The van der Waals surface area contributed by atoms with Crippen molar-refractivity contribution in [2.75, 3.05) is 18.4 Å². The second kappa shape index (κ2) is 7.09. The smallest absolute Gasteiger partial charge is 0.229 e. The summed E-state index contributed by atoms with van der Waals surface area (Å²) in [5.74, 6) is 0.846. The van der Waals surface area contributed by atoms with Gasteiger partial charge in [0, 0.05) is 18.7 Å². The Morgan fingerprint density at radius 2 is 1.96 bits per heavy atom. The maximum absolute atomic E-state index is 12.7. The van der Waals surface area contributed by atoms with Crippen LogP contribution in [0.2, 0.25) is 0 Å². The normalized spacial score (nSPS) is 15.8. The van der Waals surface area contributed by atoms with Crippen molar-refractivity contribution in [1.82, 2.24) is 4.90 Å². The minimum absolute atomic E-state index is 0.139. The van der Waals surface area contributed by atoms with Crippen LogP contribution in [0.1, 0.15) is 29.5 Å². The molecule has 1 N–H and O–H groups in total. The molecule has 0 bridgehead atoms. The van der Waals surface area contributed by atoms with Crippen molar-refractivity contribution in [3.8, 4) is 0 Å². The summed E-state index contributed by atoms with van der Waals surface area (Å²) >= 11 is 0. The van der Waals surface area contributed by atoms with Crippen molar-refractivity contribution >= 4 is 17.6 Å². The Hall–Kier alpha value is -2.62. The van der Waals surface area contributed by atoms with Crippen molar-refractivity contribution < 1.29 is 4.79 Å². The van der Waals surface area contributed by atoms with E-state index in [2.05, 4.69) is 40.6 Å². The van der Waals surface area contributed by atoms with E-state index < -0.39 is 0 Å². The average Bonchev–Trinajstić information content (AvgIpc) is 3.30. The van der Waals surface area contributed by atoms with Crippen LogP contribution < -0.4 is 5.32 Å². The lowest BCUT2D eigenvalue weighted by Gasteiger charge is -2.20. The molecule has 1 aliphatic heterocycles. The zero-order valence-electron chi connectivity index (χ0n) is 14.4. The van der Waals surface area contributed by atoms with Gasteiger partial charge in [0.2, 0.25) is 11.9 Å². The highest BCUT2D eigenvalue weighted by Crippen LogP contribution is 2.29. The van der Waals surface area contributed by atoms with Gasteiger partial charge in [-0.2, -0.15) is 0 Å². The number of aryl methyl sites for hydroxylation is 2. The second-order valence-corrected chi connectivity index (χ2v) is 6.66. The summed E-state index contributed by atoms with van der Waals surface area (Å²) in [6, 6.07) is 16.5. The van der Waals surface area contributed by atoms with Gasteiger partial charge >= 0.3 is 0 Å². The topological polar surface area (TPSA) is 44.7 Å². The van der Waals surface area contributed by atoms with E-state index in [-0.39, 0.29) is 5.91 Å². The number of nitrogens with zero attached hydrogens (tertiary/aromatic N) is 2. The molecule has 4 heteroatoms. The molecule has 4 nitrogen and oxygen atoms in total. The zero-order chi connectivity index (χ0) is 17.1. The van der Waals surface area contributed by atoms with Crippen LogP contribution >= 0.6 is 0 Å². The fourth-order valence-corrected chi connectivity index (χ4v) is 3.69. The van der Waals surface area contributed by atoms with Gasteiger partial charge in [0.1, 0.15) is 0 Å². The van der Waals surface area contributed by atoms with E-state index in [4.69, 9.17) is 0 Å². The Morgan fingerprint density at radius 1 is 1.08 bits per heavy atom. The number of anilines is 1. The molecule has 1 heterocycles. The standard InChI is InChI=1S/C21H23N3O/c25-20(13-12-16-6-2-1-3-7-16)24-15-14-22-21(24)23-19-11-5-9-17-8-4-10-18(17)19/h1-3,5-7,9,11H,4,8,10,12-15H2,(H,22,23). The highest BCUT2D eigenvalue weighted by molar-refractivity contribution is 6.05. The average molecular weight is 333 g/mol. The molecule has 1 amide bonds. The van der Waals surface area contributed by atoms with Crippen LogP contribution in [0.25, 0.3) is 0 Å². The van der Waals surface area contributed by atoms with E-state index in [9.17, 15) is 4.79 Å². The molecule has 2 aromatic rings. The van der Waals surface area contributed by atoms with Crippen LogP contribution in [0.5, 0.6) is 0 Å². The molecule has 25 heavy (non-hydrogen) atoms. The number of rotatable bonds is 4. The van der Waals surface area contributed by atoms with Crippen LogP contribution in [0.3, 0.4) is 0 Å². The quantitative estimate of drug-likeness (QED) is 0.932. The van der Waals surface area contributed by atoms with Crippen molar-refractivity contribution in [3.63, 3.8) is 0 Å². The van der Waals surface area contributed by atoms with Crippen molar-refractivity contribution in [1.29, 1.82) is 0 Å². The predicted molar refractivity (Wildman–Crippen MR) is 101 cm³/mol. The van der Waals surface area contributed by atoms with Gasteiger partial charge in [0.05, 0.1) is 6.54 Å². The molecule has 2 aliphatic rings. The van der Waals surface area contributed by atoms with Gasteiger partial charge in [-0.25, -0.2) is 0 Å². The molecule has 4 rings (SSSR count). The first-order valence-corrected chi connectivity index (χ1v) is 9.08. The van der Waals surface area contributed by atoms with Gasteiger partial charge in [-0.1, -0.05) is 42.5 Å². The number of hydrogen-bond donors (Lipinski definition) is 1. The molecular weight excluding hydrogens is 310 g/mol. The zero-order valence-corrected chi connectivity index (χ0v) is 14.4. The fraction of sp³-hybridized carbons (Fsp3) is 0.333. The molecule has 2 aromatic carbocycles. The number of fused-ring (bicyclic) bond motifs is 1. The lowest BCUT2D eigenvalue weighted by Crippen LogP contribution is -2.38. The first-order valence-electron chi connectivity index (χ1n) is 9.08. The Kier molecular flexibility index (Phi) is 4.51. The first-order chi connectivity index (χ1) is 12.3. The van der Waals surface area contributed by atoms with Crippen LogP contribution in [0.4, 0.5) is 5.69 Å². The third-order valence-electron chi connectivity index (χ3n) is 5.00. The van der Waals surface area contributed by atoms with Gasteiger partial charge in [-0.3, -0.25) is 14.7 Å². The Labute approximate surface area is 148 Å². The van der Waals surface area contributed by atoms with Crippen LogP contribution in [-0.4, -0.2) is 29.9 Å². The van der Waals surface area contributed by atoms with Crippen LogP contribution in [0.15, 0.2) is 53.5 Å². The molecule has 0 aromatic heterocycles. The molecule has 0 spiro atoms. The third kappa shape index (κ3) is 3.43. The van der Waals surface area contributed by atoms with Crippen molar-refractivity contribution in [2.24, 2.45) is 4.99 Å². The first kappa shape index (κ1) is 15.9. The van der Waals surface area contributed by atoms with E-state index in [1.54, 1.807) is 4.90 Å². The minimum Gasteiger partial charge on any atom is -0.326 e. The summed E-state index contributed by atoms with van der Waals surface area (Å²) in [6.07, 6.45) is 4.74. The summed E-state index contributed by atoms with van der Waals surface area (Å²) in [4.78, 5) is 19.0. The van der Waals surface area contributed by atoms with Crippen molar-refractivity contribution in [3.05, 3.63) is 65.2 Å². The Balaban J connectivity index is 1.42. The van der Waals surface area contributed by atoms with Gasteiger partial charge < -0.3 is 5.32 Å². The number of aliphatic imine (C=N–C) groups is 1. The van der Waals surface area contributed by atoms with Gasteiger partial charge in [0.15, 0.2) is 0 Å². The molecular formula is C21H23N3O. The van der Waals surface area contributed by atoms with Gasteiger partial charge in [0.25, 0.3) is 0 Å². The summed E-state index contributed by atoms with van der Waals surface area (Å²) in [6.45, 7) is 1.35. The maximum atomic E-state index is 12.7. The summed E-state index contributed by atoms with van der Waals surface area (Å²) in [5, 5.41) is 3.43. The molecule has 1 aliphatic carbocycles. The number of carbonyl (C=O) groups excluding carboxylic acids is 1. The third-order valence-corrected chi connectivity index (χ3v) is 5.00. The number of hydrogen-bond acceptors (Lipinski definition) is 3. The second-order valence-electron chi connectivity index (χ2n) is 6.66. The number of guanidine groups is 1. The number of carbonyl (C=O) groups is 1. The van der Waals surface area contributed by atoms with E-state index >= 15 is 0 Å². The van der Waals surface area contributed by atoms with E-state index in [0.29, 0.717) is 25.5 Å². The lowest BCUT2D eigenvalue weighted by atomic mass is 10.1. The maximum Gasteiger partial charge on any atom is 0.229 e.